The second kappa shape index (κ2) is 13.4. The van der Waals surface area contributed by atoms with Gasteiger partial charge in [-0.05, 0) is 31.0 Å². The monoisotopic (exact) mass is 436 g/mol. The molecule has 0 saturated carbocycles. The zero-order chi connectivity index (χ0) is 23.3. The van der Waals surface area contributed by atoms with Crippen LogP contribution in [0.25, 0.3) is 0 Å². The molecule has 0 aliphatic carbocycles. The highest BCUT2D eigenvalue weighted by Gasteiger charge is 2.21. The average Bonchev–Trinajstić information content (AvgIpc) is 2.82. The lowest BCUT2D eigenvalue weighted by Crippen LogP contribution is -2.14. The van der Waals surface area contributed by atoms with Gasteiger partial charge in [-0.15, -0.1) is 0 Å². The van der Waals surface area contributed by atoms with Gasteiger partial charge >= 0.3 is 5.97 Å². The fourth-order valence-corrected chi connectivity index (χ4v) is 3.45. The normalized spacial score (nSPS) is 10.6. The van der Waals surface area contributed by atoms with Crippen molar-refractivity contribution in [2.75, 3.05) is 0 Å². The molecule has 0 spiro atoms. The number of ether oxygens (including phenoxy) is 1. The van der Waals surface area contributed by atoms with E-state index in [0.29, 0.717) is 24.7 Å². The van der Waals surface area contributed by atoms with Crippen molar-refractivity contribution < 1.29 is 23.9 Å². The van der Waals surface area contributed by atoms with Gasteiger partial charge in [0.1, 0.15) is 5.75 Å². The molecule has 0 atom stereocenters. The summed E-state index contributed by atoms with van der Waals surface area (Å²) in [6.07, 6.45) is 7.97. The van der Waals surface area contributed by atoms with Crippen LogP contribution in [0.1, 0.15) is 108 Å². The first-order chi connectivity index (χ1) is 15.5. The number of carbonyl (C=O) groups excluding carboxylic acids is 4. The predicted molar refractivity (Wildman–Crippen MR) is 125 cm³/mol. The smallest absolute Gasteiger partial charge is 0.311 e. The van der Waals surface area contributed by atoms with Crippen LogP contribution in [0.5, 0.6) is 5.75 Å². The van der Waals surface area contributed by atoms with Crippen LogP contribution < -0.4 is 4.74 Å². The molecule has 0 N–H and O–H groups in total. The molecule has 170 valence electrons. The number of aldehydes is 1. The van der Waals surface area contributed by atoms with E-state index < -0.39 is 11.8 Å². The van der Waals surface area contributed by atoms with Crippen LogP contribution in [0.4, 0.5) is 0 Å². The lowest BCUT2D eigenvalue weighted by molar-refractivity contribution is -0.134. The Balaban J connectivity index is 2.32. The molecular formula is C27H32O5. The Hall–Kier alpha value is -3.08. The number of hydrogen-bond donors (Lipinski definition) is 0. The van der Waals surface area contributed by atoms with Crippen LogP contribution in [-0.4, -0.2) is 23.8 Å². The van der Waals surface area contributed by atoms with Crippen LogP contribution in [0.15, 0.2) is 42.5 Å². The van der Waals surface area contributed by atoms with Crippen LogP contribution in [-0.2, 0) is 4.79 Å². The van der Waals surface area contributed by atoms with Crippen molar-refractivity contribution in [3.8, 4) is 5.75 Å². The highest BCUT2D eigenvalue weighted by Crippen LogP contribution is 2.26. The number of carbonyl (C=O) groups is 4. The summed E-state index contributed by atoms with van der Waals surface area (Å²) in [5.74, 6) is -0.831. The van der Waals surface area contributed by atoms with Gasteiger partial charge in [0, 0.05) is 29.5 Å². The lowest BCUT2D eigenvalue weighted by atomic mass is 9.95. The zero-order valence-corrected chi connectivity index (χ0v) is 19.0. The van der Waals surface area contributed by atoms with Gasteiger partial charge in [-0.3, -0.25) is 19.2 Å². The summed E-state index contributed by atoms with van der Waals surface area (Å²) in [6, 6.07) is 11.0. The molecule has 0 aliphatic rings. The van der Waals surface area contributed by atoms with Crippen LogP contribution in [0, 0.1) is 0 Å². The Labute approximate surface area is 190 Å². The Bertz CT molecular complexity index is 945. The molecule has 0 bridgehead atoms. The summed E-state index contributed by atoms with van der Waals surface area (Å²) in [4.78, 5) is 49.6. The minimum atomic E-state index is -0.455. The molecule has 5 nitrogen and oxygen atoms in total. The van der Waals surface area contributed by atoms with E-state index in [1.807, 2.05) is 6.92 Å². The quantitative estimate of drug-likeness (QED) is 0.113. The fourth-order valence-electron chi connectivity index (χ4n) is 3.45. The number of unbranched alkanes of at least 4 members (excludes halogenated alkanes) is 5. The van der Waals surface area contributed by atoms with Gasteiger partial charge in [-0.1, -0.05) is 70.2 Å². The molecular weight excluding hydrogens is 404 g/mol. The lowest BCUT2D eigenvalue weighted by Gasteiger charge is -2.12. The molecule has 0 radical (unpaired) electrons. The summed E-state index contributed by atoms with van der Waals surface area (Å²) < 4.78 is 5.46. The maximum absolute atomic E-state index is 13.3. The minimum Gasteiger partial charge on any atom is -0.426 e. The number of rotatable bonds is 14. The van der Waals surface area contributed by atoms with Gasteiger partial charge < -0.3 is 4.74 Å². The van der Waals surface area contributed by atoms with E-state index in [1.165, 1.54) is 12.1 Å². The third-order valence-corrected chi connectivity index (χ3v) is 5.34. The second-order valence-electron chi connectivity index (χ2n) is 7.91. The van der Waals surface area contributed by atoms with Crippen molar-refractivity contribution in [1.29, 1.82) is 0 Å². The summed E-state index contributed by atoms with van der Waals surface area (Å²) >= 11 is 0. The Morgan fingerprint density at radius 3 is 2.25 bits per heavy atom. The Morgan fingerprint density at radius 1 is 0.812 bits per heavy atom. The number of benzene rings is 2. The molecule has 5 heteroatoms. The number of ketones is 2. The van der Waals surface area contributed by atoms with Gasteiger partial charge in [0.2, 0.25) is 0 Å². The summed E-state index contributed by atoms with van der Waals surface area (Å²) in [5.41, 5.74) is 0.965. The van der Waals surface area contributed by atoms with Crippen LogP contribution in [0.3, 0.4) is 0 Å². The van der Waals surface area contributed by atoms with E-state index in [4.69, 9.17) is 4.74 Å². The minimum absolute atomic E-state index is 0.0527. The van der Waals surface area contributed by atoms with Crippen LogP contribution in [0.2, 0.25) is 0 Å². The molecule has 2 rings (SSSR count). The molecule has 2 aromatic rings. The van der Waals surface area contributed by atoms with E-state index in [1.54, 1.807) is 30.3 Å². The van der Waals surface area contributed by atoms with E-state index in [2.05, 4.69) is 6.92 Å². The van der Waals surface area contributed by atoms with Crippen molar-refractivity contribution >= 4 is 23.8 Å². The van der Waals surface area contributed by atoms with Crippen molar-refractivity contribution in [2.24, 2.45) is 0 Å². The fraction of sp³-hybridized carbons (Fsp3) is 0.407. The van der Waals surface area contributed by atoms with Crippen molar-refractivity contribution in [3.63, 3.8) is 0 Å². The molecule has 2 aromatic carbocycles. The standard InChI is InChI=1S/C27H32O5/c1-3-5-7-8-9-14-24(29)20-16-17-25(32-26(30)15-6-4-2)23(18-20)27(31)22-13-11-10-12-21(22)19-28/h10-13,16-19H,3-9,14-15H2,1-2H3. The third-order valence-electron chi connectivity index (χ3n) is 5.34. The predicted octanol–water partition coefficient (Wildman–Crippen LogP) is 6.37. The van der Waals surface area contributed by atoms with Crippen LogP contribution >= 0.6 is 0 Å². The molecule has 0 unspecified atom stereocenters. The van der Waals surface area contributed by atoms with Gasteiger partial charge in [0.25, 0.3) is 0 Å². The molecule has 0 aromatic heterocycles. The number of esters is 1. The molecule has 0 saturated heterocycles. The Kier molecular flexibility index (Phi) is 10.5. The van der Waals surface area contributed by atoms with E-state index in [-0.39, 0.29) is 34.6 Å². The Morgan fingerprint density at radius 2 is 1.53 bits per heavy atom. The highest BCUT2D eigenvalue weighted by molar-refractivity contribution is 6.15. The summed E-state index contributed by atoms with van der Waals surface area (Å²) in [6.45, 7) is 4.12. The van der Waals surface area contributed by atoms with E-state index >= 15 is 0 Å². The van der Waals surface area contributed by atoms with Gasteiger partial charge in [-0.2, -0.15) is 0 Å². The van der Waals surface area contributed by atoms with Crippen molar-refractivity contribution in [2.45, 2.75) is 71.6 Å². The first kappa shape index (κ1) is 25.2. The van der Waals surface area contributed by atoms with E-state index in [9.17, 15) is 19.2 Å². The number of Topliss-reactive ketones (excluding diaryl/α,β-unsaturated/α-hetero) is 1. The summed E-state index contributed by atoms with van der Waals surface area (Å²) in [7, 11) is 0. The molecule has 0 amide bonds. The molecule has 0 aliphatic heterocycles. The van der Waals surface area contributed by atoms with Crippen molar-refractivity contribution in [1.82, 2.24) is 0 Å². The van der Waals surface area contributed by atoms with Gasteiger partial charge in [0.05, 0.1) is 5.56 Å². The zero-order valence-electron chi connectivity index (χ0n) is 19.0. The van der Waals surface area contributed by atoms with Gasteiger partial charge in [-0.25, -0.2) is 0 Å². The molecule has 32 heavy (non-hydrogen) atoms. The molecule has 0 fully saturated rings. The molecule has 0 heterocycles. The SMILES string of the molecule is CCCCCCCC(=O)c1ccc(OC(=O)CCCC)c(C(=O)c2ccccc2C=O)c1. The number of hydrogen-bond acceptors (Lipinski definition) is 5. The van der Waals surface area contributed by atoms with Gasteiger partial charge in [0.15, 0.2) is 17.9 Å². The maximum Gasteiger partial charge on any atom is 0.311 e. The first-order valence-electron chi connectivity index (χ1n) is 11.5. The second-order valence-corrected chi connectivity index (χ2v) is 7.91. The maximum atomic E-state index is 13.3. The highest BCUT2D eigenvalue weighted by atomic mass is 16.5. The first-order valence-corrected chi connectivity index (χ1v) is 11.5. The third kappa shape index (κ3) is 7.26. The van der Waals surface area contributed by atoms with E-state index in [0.717, 1.165) is 38.5 Å². The summed E-state index contributed by atoms with van der Waals surface area (Å²) in [5, 5.41) is 0. The van der Waals surface area contributed by atoms with Crippen molar-refractivity contribution in [3.05, 3.63) is 64.7 Å². The topological polar surface area (TPSA) is 77.5 Å². The largest absolute Gasteiger partial charge is 0.426 e. The average molecular weight is 437 g/mol.